The zero-order valence-corrected chi connectivity index (χ0v) is 12.0. The lowest BCUT2D eigenvalue weighted by molar-refractivity contribution is -0.143. The van der Waals surface area contributed by atoms with Crippen LogP contribution in [0.5, 0.6) is 0 Å². The van der Waals surface area contributed by atoms with Gasteiger partial charge in [-0.2, -0.15) is 8.42 Å². The Balaban J connectivity index is 2.67. The molecule has 0 saturated carbocycles. The molecule has 2 atom stereocenters. The highest BCUT2D eigenvalue weighted by Gasteiger charge is 2.33. The lowest BCUT2D eigenvalue weighted by atomic mass is 9.96. The monoisotopic (exact) mass is 292 g/mol. The first-order valence-electron chi connectivity index (χ1n) is 6.17. The SMILES string of the molecule is CC[C@@H](C(N)=O)N1C[C@@H](COS(C)(=O)=O)CCC1=O. The number of nitrogens with zero attached hydrogens (tertiary/aromatic N) is 1. The van der Waals surface area contributed by atoms with E-state index < -0.39 is 22.1 Å². The van der Waals surface area contributed by atoms with Gasteiger partial charge in [-0.05, 0) is 12.8 Å². The number of piperidine rings is 1. The molecule has 0 aromatic heterocycles. The Morgan fingerprint density at radius 2 is 2.21 bits per heavy atom. The third kappa shape index (κ3) is 4.79. The Morgan fingerprint density at radius 1 is 1.58 bits per heavy atom. The number of carbonyl (C=O) groups is 2. The van der Waals surface area contributed by atoms with Gasteiger partial charge in [-0.1, -0.05) is 6.92 Å². The zero-order valence-electron chi connectivity index (χ0n) is 11.2. The fraction of sp³-hybridized carbons (Fsp3) is 0.818. The third-order valence-electron chi connectivity index (χ3n) is 3.15. The van der Waals surface area contributed by atoms with Crippen LogP contribution in [0.25, 0.3) is 0 Å². The Labute approximate surface area is 113 Å². The van der Waals surface area contributed by atoms with Gasteiger partial charge in [0.05, 0.1) is 12.9 Å². The summed E-state index contributed by atoms with van der Waals surface area (Å²) in [5, 5.41) is 0. The number of nitrogens with two attached hydrogens (primary N) is 1. The first-order valence-corrected chi connectivity index (χ1v) is 7.99. The van der Waals surface area contributed by atoms with Crippen molar-refractivity contribution in [1.82, 2.24) is 4.90 Å². The molecule has 1 rings (SSSR count). The standard InChI is InChI=1S/C11H20N2O5S/c1-3-9(11(12)15)13-6-8(4-5-10(13)14)7-18-19(2,16)17/h8-9H,3-7H2,1-2H3,(H2,12,15)/t8-,9-/m0/s1. The van der Waals surface area contributed by atoms with Crippen molar-refractivity contribution < 1.29 is 22.2 Å². The molecule has 19 heavy (non-hydrogen) atoms. The van der Waals surface area contributed by atoms with E-state index >= 15 is 0 Å². The van der Waals surface area contributed by atoms with E-state index in [1.165, 1.54) is 4.90 Å². The van der Waals surface area contributed by atoms with Gasteiger partial charge >= 0.3 is 0 Å². The van der Waals surface area contributed by atoms with Crippen molar-refractivity contribution in [3.05, 3.63) is 0 Å². The molecule has 7 nitrogen and oxygen atoms in total. The molecular weight excluding hydrogens is 272 g/mol. The van der Waals surface area contributed by atoms with Crippen LogP contribution in [0, 0.1) is 5.92 Å². The lowest BCUT2D eigenvalue weighted by Gasteiger charge is -2.36. The van der Waals surface area contributed by atoms with E-state index in [4.69, 9.17) is 9.92 Å². The average molecular weight is 292 g/mol. The van der Waals surface area contributed by atoms with Gasteiger partial charge in [0.15, 0.2) is 0 Å². The summed E-state index contributed by atoms with van der Waals surface area (Å²) in [5.41, 5.74) is 5.27. The highest BCUT2D eigenvalue weighted by atomic mass is 32.2. The van der Waals surface area contributed by atoms with E-state index in [1.54, 1.807) is 6.92 Å². The van der Waals surface area contributed by atoms with Gasteiger partial charge in [0.1, 0.15) is 6.04 Å². The van der Waals surface area contributed by atoms with Gasteiger partial charge in [-0.15, -0.1) is 0 Å². The molecule has 0 spiro atoms. The second kappa shape index (κ2) is 6.33. The number of carbonyl (C=O) groups excluding carboxylic acids is 2. The summed E-state index contributed by atoms with van der Waals surface area (Å²) in [7, 11) is -3.49. The predicted molar refractivity (Wildman–Crippen MR) is 68.5 cm³/mol. The molecule has 0 radical (unpaired) electrons. The molecule has 8 heteroatoms. The van der Waals surface area contributed by atoms with E-state index in [-0.39, 0.29) is 24.9 Å². The van der Waals surface area contributed by atoms with Crippen LogP contribution < -0.4 is 5.73 Å². The molecular formula is C11H20N2O5S. The second-order valence-corrected chi connectivity index (χ2v) is 6.41. The molecule has 0 bridgehead atoms. The minimum atomic E-state index is -3.49. The van der Waals surface area contributed by atoms with Gasteiger partial charge in [-0.3, -0.25) is 13.8 Å². The fourth-order valence-corrected chi connectivity index (χ4v) is 2.61. The summed E-state index contributed by atoms with van der Waals surface area (Å²) in [6, 6.07) is -0.631. The first-order chi connectivity index (χ1) is 8.74. The van der Waals surface area contributed by atoms with Crippen LogP contribution in [0.15, 0.2) is 0 Å². The molecule has 1 aliphatic heterocycles. The molecule has 0 aromatic rings. The van der Waals surface area contributed by atoms with Gasteiger partial charge in [0.2, 0.25) is 11.8 Å². The van der Waals surface area contributed by atoms with E-state index in [1.807, 2.05) is 0 Å². The smallest absolute Gasteiger partial charge is 0.264 e. The normalized spacial score (nSPS) is 22.3. The maximum absolute atomic E-state index is 11.8. The largest absolute Gasteiger partial charge is 0.368 e. The summed E-state index contributed by atoms with van der Waals surface area (Å²) in [5.74, 6) is -0.761. The summed E-state index contributed by atoms with van der Waals surface area (Å²) in [4.78, 5) is 24.5. The van der Waals surface area contributed by atoms with Crippen molar-refractivity contribution in [2.45, 2.75) is 32.2 Å². The van der Waals surface area contributed by atoms with Gasteiger partial charge < -0.3 is 10.6 Å². The number of primary amides is 1. The summed E-state index contributed by atoms with van der Waals surface area (Å²) in [6.45, 7) is 2.10. The predicted octanol–water partition coefficient (Wildman–Crippen LogP) is -0.535. The highest BCUT2D eigenvalue weighted by Crippen LogP contribution is 2.21. The summed E-state index contributed by atoms with van der Waals surface area (Å²) >= 11 is 0. The minimum absolute atomic E-state index is 0.0256. The van der Waals surface area contributed by atoms with Crippen LogP contribution in [-0.2, 0) is 23.9 Å². The Hall–Kier alpha value is -1.15. The zero-order chi connectivity index (χ0) is 14.6. The van der Waals surface area contributed by atoms with Crippen LogP contribution in [0.2, 0.25) is 0 Å². The number of rotatable bonds is 6. The molecule has 0 aliphatic carbocycles. The minimum Gasteiger partial charge on any atom is -0.368 e. The highest BCUT2D eigenvalue weighted by molar-refractivity contribution is 7.85. The quantitative estimate of drug-likeness (QED) is 0.662. The summed E-state index contributed by atoms with van der Waals surface area (Å²) in [6.07, 6.45) is 2.26. The topological polar surface area (TPSA) is 107 Å². The number of hydrogen-bond acceptors (Lipinski definition) is 5. The van der Waals surface area contributed by atoms with E-state index in [2.05, 4.69) is 0 Å². The average Bonchev–Trinajstić information content (AvgIpc) is 2.29. The maximum atomic E-state index is 11.8. The molecule has 1 fully saturated rings. The van der Waals surface area contributed by atoms with Crippen LogP contribution >= 0.6 is 0 Å². The fourth-order valence-electron chi connectivity index (χ4n) is 2.17. The van der Waals surface area contributed by atoms with Crippen LogP contribution in [0.1, 0.15) is 26.2 Å². The van der Waals surface area contributed by atoms with Crippen molar-refractivity contribution in [3.8, 4) is 0 Å². The first kappa shape index (κ1) is 15.9. The molecule has 2 amide bonds. The molecule has 0 aromatic carbocycles. The van der Waals surface area contributed by atoms with E-state index in [0.29, 0.717) is 19.4 Å². The van der Waals surface area contributed by atoms with Gasteiger partial charge in [0, 0.05) is 18.9 Å². The maximum Gasteiger partial charge on any atom is 0.264 e. The Morgan fingerprint density at radius 3 is 2.68 bits per heavy atom. The molecule has 1 saturated heterocycles. The molecule has 1 heterocycles. The van der Waals surface area contributed by atoms with Crippen molar-refractivity contribution in [2.24, 2.45) is 11.7 Å². The Bertz CT molecular complexity index is 448. The number of amides is 2. The van der Waals surface area contributed by atoms with Crippen LogP contribution in [0.3, 0.4) is 0 Å². The van der Waals surface area contributed by atoms with E-state index in [0.717, 1.165) is 6.26 Å². The van der Waals surface area contributed by atoms with Gasteiger partial charge in [-0.25, -0.2) is 0 Å². The van der Waals surface area contributed by atoms with Crippen molar-refractivity contribution in [1.29, 1.82) is 0 Å². The Kier molecular flexibility index (Phi) is 5.30. The molecule has 1 aliphatic rings. The lowest BCUT2D eigenvalue weighted by Crippen LogP contribution is -2.52. The number of likely N-dealkylation sites (tertiary alicyclic amines) is 1. The molecule has 110 valence electrons. The number of hydrogen-bond donors (Lipinski definition) is 1. The third-order valence-corrected chi connectivity index (χ3v) is 3.72. The van der Waals surface area contributed by atoms with Crippen molar-refractivity contribution in [3.63, 3.8) is 0 Å². The second-order valence-electron chi connectivity index (χ2n) is 4.77. The van der Waals surface area contributed by atoms with Crippen LogP contribution in [0.4, 0.5) is 0 Å². The molecule has 2 N–H and O–H groups in total. The molecule has 0 unspecified atom stereocenters. The van der Waals surface area contributed by atoms with Gasteiger partial charge in [0.25, 0.3) is 10.1 Å². The summed E-state index contributed by atoms with van der Waals surface area (Å²) < 4.78 is 26.6. The van der Waals surface area contributed by atoms with Crippen molar-refractivity contribution in [2.75, 3.05) is 19.4 Å². The van der Waals surface area contributed by atoms with E-state index in [9.17, 15) is 18.0 Å². The van der Waals surface area contributed by atoms with Crippen LogP contribution in [-0.4, -0.2) is 50.6 Å². The van der Waals surface area contributed by atoms with Crippen molar-refractivity contribution >= 4 is 21.9 Å².